The van der Waals surface area contributed by atoms with Gasteiger partial charge in [-0.2, -0.15) is 4.31 Å². The molecule has 1 atom stereocenters. The van der Waals surface area contributed by atoms with Crippen molar-refractivity contribution in [1.82, 2.24) is 9.62 Å². The van der Waals surface area contributed by atoms with E-state index in [4.69, 9.17) is 0 Å². The third-order valence-electron chi connectivity index (χ3n) is 4.03. The van der Waals surface area contributed by atoms with Gasteiger partial charge < -0.3 is 5.32 Å². The number of nitrogens with zero attached hydrogens (tertiary/aromatic N) is 1. The van der Waals surface area contributed by atoms with E-state index in [-0.39, 0.29) is 6.04 Å². The maximum atomic E-state index is 12.9. The molecule has 1 aromatic heterocycles. The molecule has 4 nitrogen and oxygen atoms in total. The normalized spacial score (nSPS) is 20.1. The third kappa shape index (κ3) is 2.96. The first-order valence-corrected chi connectivity index (χ1v) is 9.80. The summed E-state index contributed by atoms with van der Waals surface area (Å²) in [6, 6.07) is 11.6. The molecule has 118 valence electrons. The van der Waals surface area contributed by atoms with Crippen molar-refractivity contribution in [3.63, 3.8) is 0 Å². The second-order valence-electron chi connectivity index (χ2n) is 5.36. The average molecular weight is 336 g/mol. The van der Waals surface area contributed by atoms with Gasteiger partial charge in [-0.1, -0.05) is 37.3 Å². The molecule has 0 amide bonds. The molecule has 0 radical (unpaired) electrons. The van der Waals surface area contributed by atoms with E-state index >= 15 is 0 Å². The van der Waals surface area contributed by atoms with Gasteiger partial charge in [-0.15, -0.1) is 11.3 Å². The van der Waals surface area contributed by atoms with Gasteiger partial charge in [-0.25, -0.2) is 8.42 Å². The molecule has 22 heavy (non-hydrogen) atoms. The smallest absolute Gasteiger partial charge is 0.253 e. The number of rotatable bonds is 4. The molecule has 0 spiro atoms. The average Bonchev–Trinajstić information content (AvgIpc) is 3.10. The highest BCUT2D eigenvalue weighted by molar-refractivity contribution is 7.91. The quantitative estimate of drug-likeness (QED) is 0.934. The van der Waals surface area contributed by atoms with Gasteiger partial charge in [0.25, 0.3) is 10.0 Å². The second-order valence-corrected chi connectivity index (χ2v) is 8.43. The first kappa shape index (κ1) is 15.7. The fraction of sp³-hybridized carbons (Fsp3) is 0.375. The van der Waals surface area contributed by atoms with E-state index in [1.54, 1.807) is 21.8 Å². The number of hydrogen-bond donors (Lipinski definition) is 1. The maximum absolute atomic E-state index is 12.9. The summed E-state index contributed by atoms with van der Waals surface area (Å²) >= 11 is 1.28. The summed E-state index contributed by atoms with van der Waals surface area (Å²) in [5.41, 5.74) is 2.31. The van der Waals surface area contributed by atoms with Crippen LogP contribution in [0.25, 0.3) is 0 Å². The van der Waals surface area contributed by atoms with Crippen molar-refractivity contribution in [3.05, 3.63) is 52.9 Å². The standard InChI is InChI=1S/C16H20N2O2S2/c1-2-13-5-7-14(8-6-13)15-12-17-9-10-18(15)22(19,20)16-4-3-11-21-16/h3-8,11,15,17H,2,9-10,12H2,1H3. The minimum Gasteiger partial charge on any atom is -0.313 e. The lowest BCUT2D eigenvalue weighted by Gasteiger charge is -2.35. The largest absolute Gasteiger partial charge is 0.313 e. The van der Waals surface area contributed by atoms with E-state index in [0.29, 0.717) is 23.8 Å². The van der Waals surface area contributed by atoms with Crippen molar-refractivity contribution in [2.24, 2.45) is 0 Å². The molecule has 3 rings (SSSR count). The van der Waals surface area contributed by atoms with Gasteiger partial charge in [-0.05, 0) is 29.0 Å². The van der Waals surface area contributed by atoms with Crippen LogP contribution in [0.4, 0.5) is 0 Å². The fourth-order valence-corrected chi connectivity index (χ4v) is 5.49. The Labute approximate surface area is 135 Å². The highest BCUT2D eigenvalue weighted by Gasteiger charge is 2.34. The van der Waals surface area contributed by atoms with Crippen LogP contribution in [0.15, 0.2) is 46.0 Å². The van der Waals surface area contributed by atoms with Crippen LogP contribution < -0.4 is 5.32 Å². The molecule has 1 saturated heterocycles. The zero-order chi connectivity index (χ0) is 15.6. The minimum atomic E-state index is -3.42. The van der Waals surface area contributed by atoms with E-state index in [1.807, 2.05) is 12.1 Å². The number of benzene rings is 1. The Kier molecular flexibility index (Phi) is 4.63. The fourth-order valence-electron chi connectivity index (χ4n) is 2.76. The molecule has 1 unspecified atom stereocenters. The Balaban J connectivity index is 1.94. The molecular weight excluding hydrogens is 316 g/mol. The molecule has 1 N–H and O–H groups in total. The number of piperazine rings is 1. The van der Waals surface area contributed by atoms with E-state index in [2.05, 4.69) is 24.4 Å². The molecule has 0 aliphatic carbocycles. The van der Waals surface area contributed by atoms with Crippen LogP contribution in [-0.2, 0) is 16.4 Å². The zero-order valence-electron chi connectivity index (χ0n) is 12.5. The molecule has 1 aliphatic rings. The summed E-state index contributed by atoms with van der Waals surface area (Å²) in [6.45, 7) is 3.95. The molecule has 2 aromatic rings. The van der Waals surface area contributed by atoms with Gasteiger partial charge in [0.15, 0.2) is 0 Å². The lowest BCUT2D eigenvalue weighted by Crippen LogP contribution is -2.48. The van der Waals surface area contributed by atoms with Crippen molar-refractivity contribution in [1.29, 1.82) is 0 Å². The highest BCUT2D eigenvalue weighted by Crippen LogP contribution is 2.30. The van der Waals surface area contributed by atoms with Crippen molar-refractivity contribution in [2.75, 3.05) is 19.6 Å². The number of hydrogen-bond acceptors (Lipinski definition) is 4. The van der Waals surface area contributed by atoms with Crippen LogP contribution in [0.2, 0.25) is 0 Å². The van der Waals surface area contributed by atoms with Crippen LogP contribution in [0.5, 0.6) is 0 Å². The molecule has 2 heterocycles. The first-order valence-electron chi connectivity index (χ1n) is 7.48. The zero-order valence-corrected chi connectivity index (χ0v) is 14.2. The summed E-state index contributed by atoms with van der Waals surface area (Å²) in [5, 5.41) is 5.11. The van der Waals surface area contributed by atoms with Crippen molar-refractivity contribution < 1.29 is 8.42 Å². The van der Waals surface area contributed by atoms with Gasteiger partial charge in [0.05, 0.1) is 6.04 Å². The Morgan fingerprint density at radius 3 is 2.68 bits per heavy atom. The van der Waals surface area contributed by atoms with Gasteiger partial charge >= 0.3 is 0 Å². The lowest BCUT2D eigenvalue weighted by atomic mass is 10.0. The number of aryl methyl sites for hydroxylation is 1. The summed E-state index contributed by atoms with van der Waals surface area (Å²) in [5.74, 6) is 0. The minimum absolute atomic E-state index is 0.147. The Hall–Kier alpha value is -1.21. The molecule has 0 saturated carbocycles. The highest BCUT2D eigenvalue weighted by atomic mass is 32.2. The topological polar surface area (TPSA) is 49.4 Å². The Bertz CT molecular complexity index is 709. The van der Waals surface area contributed by atoms with E-state index in [9.17, 15) is 8.42 Å². The maximum Gasteiger partial charge on any atom is 0.253 e. The number of thiophene rings is 1. The molecule has 1 aromatic carbocycles. The van der Waals surface area contributed by atoms with E-state index < -0.39 is 10.0 Å². The van der Waals surface area contributed by atoms with Gasteiger partial charge in [-0.3, -0.25) is 0 Å². The summed E-state index contributed by atoms with van der Waals surface area (Å²) in [7, 11) is -3.42. The molecular formula is C16H20N2O2S2. The van der Waals surface area contributed by atoms with Crippen LogP contribution in [0.3, 0.4) is 0 Å². The molecule has 1 fully saturated rings. The Morgan fingerprint density at radius 1 is 1.27 bits per heavy atom. The molecule has 1 aliphatic heterocycles. The van der Waals surface area contributed by atoms with E-state index in [1.165, 1.54) is 16.9 Å². The summed E-state index contributed by atoms with van der Waals surface area (Å²) in [4.78, 5) is 0. The Morgan fingerprint density at radius 2 is 2.05 bits per heavy atom. The van der Waals surface area contributed by atoms with Crippen LogP contribution in [0.1, 0.15) is 24.1 Å². The summed E-state index contributed by atoms with van der Waals surface area (Å²) in [6.07, 6.45) is 0.987. The molecule has 0 bridgehead atoms. The van der Waals surface area contributed by atoms with Gasteiger partial charge in [0.1, 0.15) is 4.21 Å². The first-order chi connectivity index (χ1) is 10.6. The van der Waals surface area contributed by atoms with Crippen molar-refractivity contribution in [3.8, 4) is 0 Å². The number of sulfonamides is 1. The number of nitrogens with one attached hydrogen (secondary N) is 1. The molecule has 6 heteroatoms. The second kappa shape index (κ2) is 6.50. The van der Waals surface area contributed by atoms with Gasteiger partial charge in [0, 0.05) is 19.6 Å². The third-order valence-corrected chi connectivity index (χ3v) is 7.31. The van der Waals surface area contributed by atoms with Crippen molar-refractivity contribution >= 4 is 21.4 Å². The van der Waals surface area contributed by atoms with Gasteiger partial charge in [0.2, 0.25) is 0 Å². The van der Waals surface area contributed by atoms with Crippen molar-refractivity contribution in [2.45, 2.75) is 23.6 Å². The SMILES string of the molecule is CCc1ccc(C2CNCCN2S(=O)(=O)c2cccs2)cc1. The van der Waals surface area contributed by atoms with Crippen LogP contribution >= 0.6 is 11.3 Å². The summed E-state index contributed by atoms with van der Waals surface area (Å²) < 4.78 is 27.8. The van der Waals surface area contributed by atoms with E-state index in [0.717, 1.165) is 12.0 Å². The predicted octanol–water partition coefficient (Wildman–Crippen LogP) is 2.65. The van der Waals surface area contributed by atoms with Crippen LogP contribution in [0, 0.1) is 0 Å². The monoisotopic (exact) mass is 336 g/mol. The predicted molar refractivity (Wildman–Crippen MR) is 89.6 cm³/mol. The van der Waals surface area contributed by atoms with Crippen LogP contribution in [-0.4, -0.2) is 32.4 Å². The lowest BCUT2D eigenvalue weighted by molar-refractivity contribution is 0.272.